The second-order valence-corrected chi connectivity index (χ2v) is 6.23. The number of hydrogen-bond donors (Lipinski definition) is 1. The standard InChI is InChI=1S/C15H25N5O2/c21-15(16-9-5-11-22-12-6-1-2-7-12)13-8-3-4-10-20-14(13)17-18-19-20/h12-13H,1-11H2,(H,16,21)/t13-/m0/s1. The summed E-state index contributed by atoms with van der Waals surface area (Å²) in [5, 5.41) is 14.7. The summed E-state index contributed by atoms with van der Waals surface area (Å²) in [6.45, 7) is 2.19. The highest BCUT2D eigenvalue weighted by molar-refractivity contribution is 5.82. The average Bonchev–Trinajstić information content (AvgIpc) is 3.16. The highest BCUT2D eigenvalue weighted by Gasteiger charge is 2.28. The van der Waals surface area contributed by atoms with Gasteiger partial charge in [-0.2, -0.15) is 0 Å². The Morgan fingerprint density at radius 2 is 2.05 bits per heavy atom. The van der Waals surface area contributed by atoms with E-state index in [9.17, 15) is 4.79 Å². The van der Waals surface area contributed by atoms with Crippen LogP contribution in [-0.2, 0) is 16.1 Å². The molecule has 1 aliphatic carbocycles. The number of fused-ring (bicyclic) bond motifs is 1. The Bertz CT molecular complexity index is 484. The highest BCUT2D eigenvalue weighted by atomic mass is 16.5. The number of carbonyl (C=O) groups is 1. The molecule has 0 aromatic carbocycles. The number of nitrogens with one attached hydrogen (secondary N) is 1. The largest absolute Gasteiger partial charge is 0.378 e. The van der Waals surface area contributed by atoms with E-state index in [1.165, 1.54) is 25.7 Å². The summed E-state index contributed by atoms with van der Waals surface area (Å²) < 4.78 is 7.57. The summed E-state index contributed by atoms with van der Waals surface area (Å²) in [7, 11) is 0. The van der Waals surface area contributed by atoms with Crippen LogP contribution in [0.15, 0.2) is 0 Å². The molecule has 1 aliphatic heterocycles. The van der Waals surface area contributed by atoms with Crippen LogP contribution in [0, 0.1) is 0 Å². The van der Waals surface area contributed by atoms with Crippen molar-refractivity contribution in [2.24, 2.45) is 0 Å². The van der Waals surface area contributed by atoms with Gasteiger partial charge in [0, 0.05) is 19.7 Å². The average molecular weight is 307 g/mol. The van der Waals surface area contributed by atoms with Crippen molar-refractivity contribution in [2.45, 2.75) is 69.9 Å². The lowest BCUT2D eigenvalue weighted by molar-refractivity contribution is -0.123. The Hall–Kier alpha value is -1.50. The van der Waals surface area contributed by atoms with Crippen molar-refractivity contribution in [1.29, 1.82) is 0 Å². The van der Waals surface area contributed by atoms with E-state index >= 15 is 0 Å². The molecule has 2 heterocycles. The Morgan fingerprint density at radius 1 is 1.23 bits per heavy atom. The van der Waals surface area contributed by atoms with Crippen molar-refractivity contribution >= 4 is 5.91 Å². The summed E-state index contributed by atoms with van der Waals surface area (Å²) in [6, 6.07) is 0. The van der Waals surface area contributed by atoms with Crippen molar-refractivity contribution in [3.63, 3.8) is 0 Å². The van der Waals surface area contributed by atoms with Crippen LogP contribution in [0.4, 0.5) is 0 Å². The molecule has 122 valence electrons. The fraction of sp³-hybridized carbons (Fsp3) is 0.867. The molecule has 1 saturated carbocycles. The van der Waals surface area contributed by atoms with Crippen molar-refractivity contribution in [3.8, 4) is 0 Å². The van der Waals surface area contributed by atoms with Crippen LogP contribution in [0.25, 0.3) is 0 Å². The van der Waals surface area contributed by atoms with Crippen LogP contribution in [0.1, 0.15) is 63.1 Å². The van der Waals surface area contributed by atoms with Crippen LogP contribution in [0.2, 0.25) is 0 Å². The number of hydrogen-bond acceptors (Lipinski definition) is 5. The van der Waals surface area contributed by atoms with E-state index in [2.05, 4.69) is 20.8 Å². The summed E-state index contributed by atoms with van der Waals surface area (Å²) in [5.41, 5.74) is 0. The van der Waals surface area contributed by atoms with Crippen molar-refractivity contribution in [3.05, 3.63) is 5.82 Å². The Morgan fingerprint density at radius 3 is 2.91 bits per heavy atom. The van der Waals surface area contributed by atoms with Crippen LogP contribution >= 0.6 is 0 Å². The maximum atomic E-state index is 12.4. The molecule has 1 fully saturated rings. The van der Waals surface area contributed by atoms with E-state index in [0.29, 0.717) is 18.5 Å². The predicted octanol–water partition coefficient (Wildman–Crippen LogP) is 1.41. The van der Waals surface area contributed by atoms with Gasteiger partial charge in [0.25, 0.3) is 0 Å². The fourth-order valence-corrected chi connectivity index (χ4v) is 3.32. The lowest BCUT2D eigenvalue weighted by atomic mass is 10.0. The number of amides is 1. The van der Waals surface area contributed by atoms with Gasteiger partial charge in [0.15, 0.2) is 5.82 Å². The van der Waals surface area contributed by atoms with Gasteiger partial charge in [-0.05, 0) is 42.5 Å². The molecule has 0 spiro atoms. The van der Waals surface area contributed by atoms with Gasteiger partial charge < -0.3 is 10.1 Å². The van der Waals surface area contributed by atoms with Crippen LogP contribution < -0.4 is 5.32 Å². The number of nitrogens with zero attached hydrogens (tertiary/aromatic N) is 4. The number of ether oxygens (including phenoxy) is 1. The molecular formula is C15H25N5O2. The zero-order chi connectivity index (χ0) is 15.2. The van der Waals surface area contributed by atoms with E-state index < -0.39 is 0 Å². The smallest absolute Gasteiger partial charge is 0.230 e. The molecule has 0 bridgehead atoms. The molecule has 1 N–H and O–H groups in total. The first-order chi connectivity index (χ1) is 10.8. The molecule has 1 amide bonds. The highest BCUT2D eigenvalue weighted by Crippen LogP contribution is 2.24. The molecular weight excluding hydrogens is 282 g/mol. The van der Waals surface area contributed by atoms with Crippen molar-refractivity contribution < 1.29 is 9.53 Å². The summed E-state index contributed by atoms with van der Waals surface area (Å²) in [4.78, 5) is 12.4. The molecule has 2 aliphatic rings. The van der Waals surface area contributed by atoms with E-state index in [0.717, 1.165) is 38.8 Å². The Balaban J connectivity index is 1.40. The third kappa shape index (κ3) is 3.82. The van der Waals surface area contributed by atoms with Gasteiger partial charge in [-0.1, -0.05) is 19.3 Å². The van der Waals surface area contributed by atoms with Gasteiger partial charge in [-0.25, -0.2) is 4.68 Å². The number of rotatable bonds is 6. The molecule has 0 radical (unpaired) electrons. The molecule has 1 atom stereocenters. The minimum absolute atomic E-state index is 0.0406. The predicted molar refractivity (Wildman–Crippen MR) is 80.2 cm³/mol. The maximum Gasteiger partial charge on any atom is 0.230 e. The van der Waals surface area contributed by atoms with Gasteiger partial charge in [0.1, 0.15) is 0 Å². The molecule has 22 heavy (non-hydrogen) atoms. The zero-order valence-corrected chi connectivity index (χ0v) is 13.0. The molecule has 0 saturated heterocycles. The lowest BCUT2D eigenvalue weighted by Gasteiger charge is -2.14. The monoisotopic (exact) mass is 307 g/mol. The third-order valence-electron chi connectivity index (χ3n) is 4.58. The Kier molecular flexibility index (Phi) is 5.37. The fourth-order valence-electron chi connectivity index (χ4n) is 3.32. The second-order valence-electron chi connectivity index (χ2n) is 6.23. The minimum Gasteiger partial charge on any atom is -0.378 e. The van der Waals surface area contributed by atoms with Crippen molar-refractivity contribution in [2.75, 3.05) is 13.2 Å². The van der Waals surface area contributed by atoms with Gasteiger partial charge in [0.05, 0.1) is 12.0 Å². The van der Waals surface area contributed by atoms with E-state index in [1.807, 2.05) is 0 Å². The first-order valence-corrected chi connectivity index (χ1v) is 8.50. The third-order valence-corrected chi connectivity index (χ3v) is 4.58. The SMILES string of the molecule is O=C(NCCCOC1CCCC1)[C@H]1CCCCn2nnnc21. The van der Waals surface area contributed by atoms with Gasteiger partial charge in [0.2, 0.25) is 5.91 Å². The normalized spacial score (nSPS) is 22.3. The van der Waals surface area contributed by atoms with E-state index in [1.54, 1.807) is 4.68 Å². The van der Waals surface area contributed by atoms with Gasteiger partial charge >= 0.3 is 0 Å². The molecule has 1 aromatic rings. The topological polar surface area (TPSA) is 81.9 Å². The molecule has 1 aromatic heterocycles. The quantitative estimate of drug-likeness (QED) is 0.804. The molecule has 7 nitrogen and oxygen atoms in total. The number of aromatic nitrogens is 4. The van der Waals surface area contributed by atoms with Crippen LogP contribution in [0.5, 0.6) is 0 Å². The molecule has 7 heteroatoms. The minimum atomic E-state index is -0.215. The maximum absolute atomic E-state index is 12.4. The second kappa shape index (κ2) is 7.67. The van der Waals surface area contributed by atoms with Crippen molar-refractivity contribution in [1.82, 2.24) is 25.5 Å². The number of carbonyl (C=O) groups excluding carboxylic acids is 1. The Labute approximate surface area is 130 Å². The van der Waals surface area contributed by atoms with Gasteiger partial charge in [-0.15, -0.1) is 5.10 Å². The molecule has 3 rings (SSSR count). The zero-order valence-electron chi connectivity index (χ0n) is 13.0. The summed E-state index contributed by atoms with van der Waals surface area (Å²) in [5.74, 6) is 0.532. The first kappa shape index (κ1) is 15.4. The number of aryl methyl sites for hydroxylation is 1. The first-order valence-electron chi connectivity index (χ1n) is 8.50. The van der Waals surface area contributed by atoms with Gasteiger partial charge in [-0.3, -0.25) is 4.79 Å². The van der Waals surface area contributed by atoms with Crippen LogP contribution in [0.3, 0.4) is 0 Å². The number of tetrazole rings is 1. The summed E-state index contributed by atoms with van der Waals surface area (Å²) >= 11 is 0. The van der Waals surface area contributed by atoms with Crippen LogP contribution in [-0.4, -0.2) is 45.4 Å². The van der Waals surface area contributed by atoms with E-state index in [-0.39, 0.29) is 11.8 Å². The van der Waals surface area contributed by atoms with E-state index in [4.69, 9.17) is 4.74 Å². The summed E-state index contributed by atoms with van der Waals surface area (Å²) in [6.07, 6.45) is 9.14. The molecule has 0 unspecified atom stereocenters. The lowest BCUT2D eigenvalue weighted by Crippen LogP contribution is -2.32.